The second kappa shape index (κ2) is 4.53. The van der Waals surface area contributed by atoms with E-state index in [9.17, 15) is 0 Å². The Kier molecular flexibility index (Phi) is 4.36. The first-order valence-electron chi connectivity index (χ1n) is 3.13. The largest absolute Gasteiger partial charge is 0.373 e. The van der Waals surface area contributed by atoms with Crippen LogP contribution in [0.5, 0.6) is 0 Å². The molecule has 0 aromatic rings. The molecule has 0 aromatic heterocycles. The smallest absolute Gasteiger partial charge is 0.0675 e. The first kappa shape index (κ1) is 8.66. The summed E-state index contributed by atoms with van der Waals surface area (Å²) in [5.74, 6) is 0. The van der Waals surface area contributed by atoms with E-state index in [2.05, 4.69) is 6.58 Å². The van der Waals surface area contributed by atoms with Gasteiger partial charge in [0.2, 0.25) is 0 Å². The first-order valence-corrected chi connectivity index (χ1v) is 3.13. The lowest BCUT2D eigenvalue weighted by atomic mass is 10.3. The van der Waals surface area contributed by atoms with Crippen molar-refractivity contribution in [2.75, 3.05) is 13.2 Å². The summed E-state index contributed by atoms with van der Waals surface area (Å²) >= 11 is 0. The van der Waals surface area contributed by atoms with Gasteiger partial charge in [-0.2, -0.15) is 0 Å². The van der Waals surface area contributed by atoms with Gasteiger partial charge >= 0.3 is 0 Å². The molecule has 0 aliphatic carbocycles. The molecule has 0 saturated carbocycles. The number of nitrogens with two attached hydrogens (primary N) is 1. The lowest BCUT2D eigenvalue weighted by molar-refractivity contribution is 0.0899. The topological polar surface area (TPSA) is 35.2 Å². The van der Waals surface area contributed by atoms with Crippen LogP contribution in [0.3, 0.4) is 0 Å². The van der Waals surface area contributed by atoms with Crippen molar-refractivity contribution in [3.63, 3.8) is 0 Å². The molecule has 0 aliphatic heterocycles. The van der Waals surface area contributed by atoms with E-state index in [1.165, 1.54) is 0 Å². The van der Waals surface area contributed by atoms with E-state index < -0.39 is 0 Å². The second-order valence-electron chi connectivity index (χ2n) is 2.31. The normalized spacial score (nSPS) is 13.2. The van der Waals surface area contributed by atoms with Crippen molar-refractivity contribution in [3.05, 3.63) is 12.2 Å². The minimum atomic E-state index is 0.154. The Morgan fingerprint density at radius 2 is 2.33 bits per heavy atom. The molecule has 2 N–H and O–H groups in total. The van der Waals surface area contributed by atoms with Gasteiger partial charge in [-0.3, -0.25) is 0 Å². The minimum Gasteiger partial charge on any atom is -0.373 e. The molecule has 9 heavy (non-hydrogen) atoms. The fraction of sp³-hybridized carbons (Fsp3) is 0.714. The number of ether oxygens (including phenoxy) is 1. The molecule has 2 nitrogen and oxygen atoms in total. The van der Waals surface area contributed by atoms with E-state index >= 15 is 0 Å². The standard InChI is InChI=1S/C7H15NO/c1-6(2)5-9-7(3)4-8/h7H,1,4-5,8H2,2-3H3. The van der Waals surface area contributed by atoms with Crippen molar-refractivity contribution < 1.29 is 4.74 Å². The Morgan fingerprint density at radius 3 is 2.67 bits per heavy atom. The molecule has 0 spiro atoms. The molecule has 1 unspecified atom stereocenters. The predicted octanol–water partition coefficient (Wildman–Crippen LogP) is 0.926. The van der Waals surface area contributed by atoms with Crippen molar-refractivity contribution in [2.45, 2.75) is 20.0 Å². The summed E-state index contributed by atoms with van der Waals surface area (Å²) in [5.41, 5.74) is 6.34. The van der Waals surface area contributed by atoms with Crippen molar-refractivity contribution >= 4 is 0 Å². The third-order valence-electron chi connectivity index (χ3n) is 0.946. The zero-order valence-corrected chi connectivity index (χ0v) is 6.18. The highest BCUT2D eigenvalue weighted by atomic mass is 16.5. The number of hydrogen-bond acceptors (Lipinski definition) is 2. The van der Waals surface area contributed by atoms with Gasteiger partial charge < -0.3 is 10.5 Å². The molecule has 0 radical (unpaired) electrons. The van der Waals surface area contributed by atoms with Crippen molar-refractivity contribution in [2.24, 2.45) is 5.73 Å². The third kappa shape index (κ3) is 5.53. The van der Waals surface area contributed by atoms with E-state index in [1.54, 1.807) is 0 Å². The van der Waals surface area contributed by atoms with Crippen LogP contribution in [0.15, 0.2) is 12.2 Å². The van der Waals surface area contributed by atoms with Gasteiger partial charge in [0, 0.05) is 6.54 Å². The maximum absolute atomic E-state index is 5.30. The molecule has 0 aliphatic rings. The Morgan fingerprint density at radius 1 is 1.78 bits per heavy atom. The number of rotatable bonds is 4. The summed E-state index contributed by atoms with van der Waals surface area (Å²) in [4.78, 5) is 0. The summed E-state index contributed by atoms with van der Waals surface area (Å²) in [6.45, 7) is 8.78. The van der Waals surface area contributed by atoms with E-state index in [0.29, 0.717) is 13.2 Å². The molecule has 0 amide bonds. The average molecular weight is 129 g/mol. The summed E-state index contributed by atoms with van der Waals surface area (Å²) in [5, 5.41) is 0. The highest BCUT2D eigenvalue weighted by molar-refractivity contribution is 4.87. The zero-order chi connectivity index (χ0) is 7.28. The van der Waals surface area contributed by atoms with Crippen LogP contribution in [-0.2, 0) is 4.74 Å². The summed E-state index contributed by atoms with van der Waals surface area (Å²) in [6, 6.07) is 0. The second-order valence-corrected chi connectivity index (χ2v) is 2.31. The van der Waals surface area contributed by atoms with Gasteiger partial charge in [-0.1, -0.05) is 12.2 Å². The molecule has 0 rings (SSSR count). The zero-order valence-electron chi connectivity index (χ0n) is 6.18. The fourth-order valence-electron chi connectivity index (χ4n) is 0.353. The fourth-order valence-corrected chi connectivity index (χ4v) is 0.353. The Bertz CT molecular complexity index is 90.9. The molecule has 0 bridgehead atoms. The van der Waals surface area contributed by atoms with Gasteiger partial charge in [0.25, 0.3) is 0 Å². The maximum Gasteiger partial charge on any atom is 0.0675 e. The summed E-state index contributed by atoms with van der Waals surface area (Å²) in [6.07, 6.45) is 0.154. The third-order valence-corrected chi connectivity index (χ3v) is 0.946. The number of hydrogen-bond donors (Lipinski definition) is 1. The molecule has 0 heterocycles. The van der Waals surface area contributed by atoms with Crippen LogP contribution in [-0.4, -0.2) is 19.3 Å². The lowest BCUT2D eigenvalue weighted by Gasteiger charge is -2.08. The molecule has 0 saturated heterocycles. The Hall–Kier alpha value is -0.340. The molecule has 0 fully saturated rings. The molecule has 1 atom stereocenters. The van der Waals surface area contributed by atoms with Gasteiger partial charge in [0.1, 0.15) is 0 Å². The molecule has 0 aromatic carbocycles. The van der Waals surface area contributed by atoms with Crippen LogP contribution in [0.1, 0.15) is 13.8 Å². The van der Waals surface area contributed by atoms with Crippen LogP contribution in [0.4, 0.5) is 0 Å². The minimum absolute atomic E-state index is 0.154. The lowest BCUT2D eigenvalue weighted by Crippen LogP contribution is -2.20. The van der Waals surface area contributed by atoms with Crippen LogP contribution in [0, 0.1) is 0 Å². The van der Waals surface area contributed by atoms with Crippen LogP contribution >= 0.6 is 0 Å². The summed E-state index contributed by atoms with van der Waals surface area (Å²) < 4.78 is 5.23. The predicted molar refractivity (Wildman–Crippen MR) is 39.3 cm³/mol. The molecular weight excluding hydrogens is 114 g/mol. The van der Waals surface area contributed by atoms with Gasteiger partial charge in [-0.15, -0.1) is 0 Å². The van der Waals surface area contributed by atoms with E-state index in [0.717, 1.165) is 5.57 Å². The maximum atomic E-state index is 5.30. The van der Waals surface area contributed by atoms with E-state index in [-0.39, 0.29) is 6.10 Å². The van der Waals surface area contributed by atoms with Crippen LogP contribution < -0.4 is 5.73 Å². The molecule has 2 heteroatoms. The van der Waals surface area contributed by atoms with Crippen LogP contribution in [0.25, 0.3) is 0 Å². The van der Waals surface area contributed by atoms with Gasteiger partial charge in [-0.25, -0.2) is 0 Å². The quantitative estimate of drug-likeness (QED) is 0.573. The van der Waals surface area contributed by atoms with Gasteiger partial charge in [0.05, 0.1) is 12.7 Å². The SMILES string of the molecule is C=C(C)COC(C)CN. The van der Waals surface area contributed by atoms with Gasteiger partial charge in [0.15, 0.2) is 0 Å². The average Bonchev–Trinajstić information content (AvgIpc) is 1.83. The highest BCUT2D eigenvalue weighted by Crippen LogP contribution is 1.92. The Labute approximate surface area is 56.7 Å². The van der Waals surface area contributed by atoms with Gasteiger partial charge in [-0.05, 0) is 13.8 Å². The first-order chi connectivity index (χ1) is 4.16. The molecule has 54 valence electrons. The van der Waals surface area contributed by atoms with E-state index in [4.69, 9.17) is 10.5 Å². The van der Waals surface area contributed by atoms with Crippen molar-refractivity contribution in [3.8, 4) is 0 Å². The summed E-state index contributed by atoms with van der Waals surface area (Å²) in [7, 11) is 0. The van der Waals surface area contributed by atoms with Crippen molar-refractivity contribution in [1.82, 2.24) is 0 Å². The monoisotopic (exact) mass is 129 g/mol. The van der Waals surface area contributed by atoms with E-state index in [1.807, 2.05) is 13.8 Å². The van der Waals surface area contributed by atoms with Crippen molar-refractivity contribution in [1.29, 1.82) is 0 Å². The highest BCUT2D eigenvalue weighted by Gasteiger charge is 1.96. The van der Waals surface area contributed by atoms with Crippen LogP contribution in [0.2, 0.25) is 0 Å². The molecular formula is C7H15NO. The Balaban J connectivity index is 3.16.